The summed E-state index contributed by atoms with van der Waals surface area (Å²) in [7, 11) is 0. The highest BCUT2D eigenvalue weighted by Crippen LogP contribution is 2.34. The van der Waals surface area contributed by atoms with E-state index in [1.807, 2.05) is 6.92 Å². The number of carboxylic acids is 1. The van der Waals surface area contributed by atoms with Crippen molar-refractivity contribution in [2.45, 2.75) is 44.9 Å². The third-order valence-corrected chi connectivity index (χ3v) is 3.85. The molecule has 2 rings (SSSR count). The van der Waals surface area contributed by atoms with Crippen molar-refractivity contribution in [3.05, 3.63) is 29.3 Å². The van der Waals surface area contributed by atoms with Gasteiger partial charge in [0, 0.05) is 0 Å². The summed E-state index contributed by atoms with van der Waals surface area (Å²) in [6.45, 7) is 2.01. The maximum absolute atomic E-state index is 12.6. The summed E-state index contributed by atoms with van der Waals surface area (Å²) in [5, 5.41) is 9.10. The molecule has 1 aromatic carbocycles. The molecule has 0 aromatic heterocycles. The quantitative estimate of drug-likeness (QED) is 0.902. The first-order valence-corrected chi connectivity index (χ1v) is 6.90. The van der Waals surface area contributed by atoms with Crippen LogP contribution in [0.25, 0.3) is 0 Å². The fourth-order valence-electron chi connectivity index (χ4n) is 2.60. The molecule has 1 aliphatic carbocycles. The third-order valence-electron chi connectivity index (χ3n) is 3.85. The highest BCUT2D eigenvalue weighted by Gasteiger charge is 2.32. The van der Waals surface area contributed by atoms with Gasteiger partial charge in [0.25, 0.3) is 0 Å². The maximum atomic E-state index is 12.6. The standard InChI is InChI=1S/C15H17F3O3/c1-9-4-2-3-5-12(9)21-13-7-6-10(15(16,17)18)8-11(13)14(19)20/h6-9,12H,2-5H2,1H3,(H,19,20). The van der Waals surface area contributed by atoms with Crippen LogP contribution in [-0.2, 0) is 6.18 Å². The molecule has 0 spiro atoms. The normalized spacial score (nSPS) is 22.9. The van der Waals surface area contributed by atoms with Gasteiger partial charge in [0.05, 0.1) is 5.56 Å². The lowest BCUT2D eigenvalue weighted by Crippen LogP contribution is -2.29. The van der Waals surface area contributed by atoms with Gasteiger partial charge in [-0.1, -0.05) is 13.3 Å². The molecule has 6 heteroatoms. The van der Waals surface area contributed by atoms with Crippen LogP contribution in [0.2, 0.25) is 0 Å². The minimum absolute atomic E-state index is 0.00856. The Bertz CT molecular complexity index is 525. The van der Waals surface area contributed by atoms with E-state index < -0.39 is 23.3 Å². The first-order valence-electron chi connectivity index (χ1n) is 6.90. The van der Waals surface area contributed by atoms with E-state index in [1.165, 1.54) is 0 Å². The van der Waals surface area contributed by atoms with Gasteiger partial charge in [-0.05, 0) is 43.4 Å². The van der Waals surface area contributed by atoms with Crippen LogP contribution >= 0.6 is 0 Å². The van der Waals surface area contributed by atoms with Crippen LogP contribution in [0, 0.1) is 5.92 Å². The Balaban J connectivity index is 2.28. The van der Waals surface area contributed by atoms with Crippen molar-refractivity contribution in [1.29, 1.82) is 0 Å². The molecule has 2 unspecified atom stereocenters. The van der Waals surface area contributed by atoms with Crippen LogP contribution in [0.5, 0.6) is 5.75 Å². The average molecular weight is 302 g/mol. The zero-order valence-electron chi connectivity index (χ0n) is 11.6. The monoisotopic (exact) mass is 302 g/mol. The Hall–Kier alpha value is -1.72. The molecular weight excluding hydrogens is 285 g/mol. The van der Waals surface area contributed by atoms with Crippen molar-refractivity contribution in [2.24, 2.45) is 5.92 Å². The van der Waals surface area contributed by atoms with Gasteiger partial charge in [-0.2, -0.15) is 13.2 Å². The van der Waals surface area contributed by atoms with Gasteiger partial charge in [-0.3, -0.25) is 0 Å². The second-order valence-corrected chi connectivity index (χ2v) is 5.43. The minimum atomic E-state index is -4.57. The SMILES string of the molecule is CC1CCCCC1Oc1ccc(C(F)(F)F)cc1C(=O)O. The number of carboxylic acid groups (broad SMARTS) is 1. The van der Waals surface area contributed by atoms with Crippen LogP contribution < -0.4 is 4.74 Å². The molecule has 1 aliphatic rings. The minimum Gasteiger partial charge on any atom is -0.489 e. The number of alkyl halides is 3. The summed E-state index contributed by atoms with van der Waals surface area (Å²) in [5.41, 5.74) is -1.42. The molecule has 1 aromatic rings. The van der Waals surface area contributed by atoms with Crippen molar-refractivity contribution in [1.82, 2.24) is 0 Å². The molecule has 0 bridgehead atoms. The van der Waals surface area contributed by atoms with E-state index in [4.69, 9.17) is 9.84 Å². The molecular formula is C15H17F3O3. The zero-order chi connectivity index (χ0) is 15.6. The first-order chi connectivity index (χ1) is 9.79. The lowest BCUT2D eigenvalue weighted by Gasteiger charge is -2.29. The summed E-state index contributed by atoms with van der Waals surface area (Å²) in [4.78, 5) is 11.2. The van der Waals surface area contributed by atoms with Crippen LogP contribution in [0.3, 0.4) is 0 Å². The fourth-order valence-corrected chi connectivity index (χ4v) is 2.60. The number of halogens is 3. The Kier molecular flexibility index (Phi) is 4.44. The fraction of sp³-hybridized carbons (Fsp3) is 0.533. The zero-order valence-corrected chi connectivity index (χ0v) is 11.6. The van der Waals surface area contributed by atoms with E-state index in [-0.39, 0.29) is 17.8 Å². The first kappa shape index (κ1) is 15.7. The van der Waals surface area contributed by atoms with E-state index in [0.717, 1.165) is 37.8 Å². The predicted octanol–water partition coefficient (Wildman–Crippen LogP) is 4.36. The molecule has 21 heavy (non-hydrogen) atoms. The smallest absolute Gasteiger partial charge is 0.416 e. The molecule has 0 saturated heterocycles. The Labute approximate surface area is 120 Å². The molecule has 116 valence electrons. The lowest BCUT2D eigenvalue weighted by atomic mass is 9.88. The van der Waals surface area contributed by atoms with E-state index in [1.54, 1.807) is 0 Å². The van der Waals surface area contributed by atoms with Gasteiger partial charge in [0.1, 0.15) is 17.4 Å². The number of hydrogen-bond acceptors (Lipinski definition) is 2. The second-order valence-electron chi connectivity index (χ2n) is 5.43. The average Bonchev–Trinajstić information content (AvgIpc) is 2.40. The van der Waals surface area contributed by atoms with E-state index in [9.17, 15) is 18.0 Å². The van der Waals surface area contributed by atoms with E-state index in [2.05, 4.69) is 0 Å². The predicted molar refractivity (Wildman–Crippen MR) is 70.5 cm³/mol. The van der Waals surface area contributed by atoms with Crippen LogP contribution in [0.1, 0.15) is 48.5 Å². The number of ether oxygens (including phenoxy) is 1. The number of benzene rings is 1. The summed E-state index contributed by atoms with van der Waals surface area (Å²) in [6, 6.07) is 2.59. The molecule has 1 N–H and O–H groups in total. The number of aromatic carboxylic acids is 1. The summed E-state index contributed by atoms with van der Waals surface area (Å²) < 4.78 is 43.6. The van der Waals surface area contributed by atoms with Gasteiger partial charge in [-0.25, -0.2) is 4.79 Å². The van der Waals surface area contributed by atoms with Crippen LogP contribution in [-0.4, -0.2) is 17.2 Å². The van der Waals surface area contributed by atoms with Gasteiger partial charge in [0.15, 0.2) is 0 Å². The Morgan fingerprint density at radius 1 is 1.29 bits per heavy atom. The van der Waals surface area contributed by atoms with Crippen LogP contribution in [0.4, 0.5) is 13.2 Å². The van der Waals surface area contributed by atoms with Crippen molar-refractivity contribution in [2.75, 3.05) is 0 Å². The van der Waals surface area contributed by atoms with Crippen molar-refractivity contribution in [3.8, 4) is 5.75 Å². The van der Waals surface area contributed by atoms with Crippen molar-refractivity contribution < 1.29 is 27.8 Å². The van der Waals surface area contributed by atoms with Crippen molar-refractivity contribution in [3.63, 3.8) is 0 Å². The lowest BCUT2D eigenvalue weighted by molar-refractivity contribution is -0.137. The Morgan fingerprint density at radius 2 is 1.95 bits per heavy atom. The summed E-state index contributed by atoms with van der Waals surface area (Å²) in [6.07, 6.45) is -0.859. The van der Waals surface area contributed by atoms with E-state index >= 15 is 0 Å². The largest absolute Gasteiger partial charge is 0.489 e. The molecule has 1 saturated carbocycles. The third kappa shape index (κ3) is 3.68. The van der Waals surface area contributed by atoms with Gasteiger partial charge in [-0.15, -0.1) is 0 Å². The summed E-state index contributed by atoms with van der Waals surface area (Å²) in [5.74, 6) is -1.14. The molecule has 2 atom stereocenters. The Morgan fingerprint density at radius 3 is 2.52 bits per heavy atom. The number of carbonyl (C=O) groups is 1. The second kappa shape index (κ2) is 5.95. The highest BCUT2D eigenvalue weighted by atomic mass is 19.4. The topological polar surface area (TPSA) is 46.5 Å². The van der Waals surface area contributed by atoms with Gasteiger partial charge < -0.3 is 9.84 Å². The van der Waals surface area contributed by atoms with Crippen molar-refractivity contribution >= 4 is 5.97 Å². The number of hydrogen-bond donors (Lipinski definition) is 1. The highest BCUT2D eigenvalue weighted by molar-refractivity contribution is 5.91. The number of rotatable bonds is 3. The molecule has 0 heterocycles. The maximum Gasteiger partial charge on any atom is 0.416 e. The summed E-state index contributed by atoms with van der Waals surface area (Å²) >= 11 is 0. The molecule has 1 fully saturated rings. The molecule has 0 amide bonds. The van der Waals surface area contributed by atoms with E-state index in [0.29, 0.717) is 6.07 Å². The van der Waals surface area contributed by atoms with Gasteiger partial charge in [0.2, 0.25) is 0 Å². The molecule has 3 nitrogen and oxygen atoms in total. The van der Waals surface area contributed by atoms with Gasteiger partial charge >= 0.3 is 12.1 Å². The molecule has 0 aliphatic heterocycles. The molecule has 0 radical (unpaired) electrons. The van der Waals surface area contributed by atoms with Crippen LogP contribution in [0.15, 0.2) is 18.2 Å².